The minimum atomic E-state index is 0.384. The van der Waals surface area contributed by atoms with Gasteiger partial charge in [0.1, 0.15) is 0 Å². The number of aryl methyl sites for hydroxylation is 2. The Morgan fingerprint density at radius 1 is 1.26 bits per heavy atom. The Bertz CT molecular complexity index is 791. The highest BCUT2D eigenvalue weighted by Gasteiger charge is 2.09. The normalized spacial score (nSPS) is 10.5. The monoisotopic (exact) mass is 344 g/mol. The summed E-state index contributed by atoms with van der Waals surface area (Å²) in [5.74, 6) is 1.10. The molecule has 0 aliphatic rings. The lowest BCUT2D eigenvalue weighted by molar-refractivity contribution is 0.376. The first-order chi connectivity index (χ1) is 11.1. The van der Waals surface area contributed by atoms with E-state index in [1.807, 2.05) is 29.6 Å². The van der Waals surface area contributed by atoms with E-state index in [9.17, 15) is 0 Å². The van der Waals surface area contributed by atoms with Crippen molar-refractivity contribution in [2.24, 2.45) is 0 Å². The van der Waals surface area contributed by atoms with Gasteiger partial charge in [0.25, 0.3) is 0 Å². The molecule has 0 saturated heterocycles. The lowest BCUT2D eigenvalue weighted by Gasteiger charge is -2.10. The van der Waals surface area contributed by atoms with Gasteiger partial charge in [-0.3, -0.25) is 0 Å². The summed E-state index contributed by atoms with van der Waals surface area (Å²) in [7, 11) is 0. The molecule has 1 aromatic carbocycles. The molecular weight excluding hydrogens is 328 g/mol. The maximum Gasteiger partial charge on any atom is 0.246 e. The number of hydrogen-bond acceptors (Lipinski definition) is 5. The van der Waals surface area contributed by atoms with Gasteiger partial charge in [0.2, 0.25) is 11.7 Å². The predicted molar refractivity (Wildman–Crippen MR) is 96.6 cm³/mol. The molecule has 0 radical (unpaired) electrons. The Kier molecular flexibility index (Phi) is 4.68. The Hall–Kier alpha value is -2.25. The maximum atomic E-state index is 5.30. The third-order valence-corrected chi connectivity index (χ3v) is 4.20. The van der Waals surface area contributed by atoms with Gasteiger partial charge >= 0.3 is 0 Å². The molecule has 0 saturated carbocycles. The van der Waals surface area contributed by atoms with Gasteiger partial charge in [-0.25, -0.2) is 0 Å². The zero-order valence-corrected chi connectivity index (χ0v) is 14.4. The smallest absolute Gasteiger partial charge is 0.246 e. The van der Waals surface area contributed by atoms with Crippen LogP contribution in [0.4, 0.5) is 5.69 Å². The number of nitrogens with one attached hydrogen (secondary N) is 2. The first-order valence-electron chi connectivity index (χ1n) is 7.10. The van der Waals surface area contributed by atoms with E-state index in [1.54, 1.807) is 11.3 Å². The fourth-order valence-corrected chi connectivity index (χ4v) is 3.05. The molecule has 118 valence electrons. The summed E-state index contributed by atoms with van der Waals surface area (Å²) in [5, 5.41) is 12.7. The average Bonchev–Trinajstić information content (AvgIpc) is 3.15. The molecule has 0 aliphatic carbocycles. The second kappa shape index (κ2) is 6.89. The molecule has 7 heteroatoms. The topological polar surface area (TPSA) is 63.0 Å². The quantitative estimate of drug-likeness (QED) is 0.700. The van der Waals surface area contributed by atoms with Crippen LogP contribution >= 0.6 is 23.6 Å². The molecule has 3 aromatic rings. The second-order valence-corrected chi connectivity index (χ2v) is 6.53. The number of thiophene rings is 1. The summed E-state index contributed by atoms with van der Waals surface area (Å²) < 4.78 is 5.22. The first-order valence-corrected chi connectivity index (χ1v) is 8.38. The summed E-state index contributed by atoms with van der Waals surface area (Å²) in [6.07, 6.45) is 0. The summed E-state index contributed by atoms with van der Waals surface area (Å²) in [4.78, 5) is 5.33. The highest BCUT2D eigenvalue weighted by atomic mass is 32.1. The predicted octanol–water partition coefficient (Wildman–Crippen LogP) is 3.90. The summed E-state index contributed by atoms with van der Waals surface area (Å²) in [6, 6.07) is 10.1. The molecular formula is C16H16N4OS2. The van der Waals surface area contributed by atoms with E-state index in [-0.39, 0.29) is 0 Å². The summed E-state index contributed by atoms with van der Waals surface area (Å²) in [5.41, 5.74) is 3.34. The van der Waals surface area contributed by atoms with Crippen molar-refractivity contribution in [2.45, 2.75) is 20.4 Å². The lowest BCUT2D eigenvalue weighted by Crippen LogP contribution is -2.28. The van der Waals surface area contributed by atoms with Crippen LogP contribution in [0.2, 0.25) is 0 Å². The largest absolute Gasteiger partial charge is 0.353 e. The minimum Gasteiger partial charge on any atom is -0.353 e. The van der Waals surface area contributed by atoms with Crippen LogP contribution in [-0.2, 0) is 6.54 Å². The average molecular weight is 344 g/mol. The van der Waals surface area contributed by atoms with E-state index in [0.29, 0.717) is 23.4 Å². The third-order valence-electron chi connectivity index (χ3n) is 3.09. The number of aromatic nitrogens is 2. The lowest BCUT2D eigenvalue weighted by atomic mass is 10.1. The van der Waals surface area contributed by atoms with Crippen LogP contribution in [0.15, 0.2) is 40.2 Å². The molecule has 23 heavy (non-hydrogen) atoms. The van der Waals surface area contributed by atoms with Crippen LogP contribution in [0, 0.1) is 13.8 Å². The van der Waals surface area contributed by atoms with Gasteiger partial charge in [0.15, 0.2) is 5.11 Å². The van der Waals surface area contributed by atoms with Gasteiger partial charge in [-0.05, 0) is 60.8 Å². The van der Waals surface area contributed by atoms with Crippen molar-refractivity contribution in [3.05, 3.63) is 52.7 Å². The molecule has 0 aliphatic heterocycles. The van der Waals surface area contributed by atoms with Crippen LogP contribution in [0.1, 0.15) is 17.0 Å². The van der Waals surface area contributed by atoms with Gasteiger partial charge in [-0.2, -0.15) is 4.98 Å². The van der Waals surface area contributed by atoms with E-state index >= 15 is 0 Å². The van der Waals surface area contributed by atoms with Crippen molar-refractivity contribution in [3.63, 3.8) is 0 Å². The first kappa shape index (κ1) is 15.6. The van der Waals surface area contributed by atoms with E-state index in [4.69, 9.17) is 16.7 Å². The van der Waals surface area contributed by atoms with E-state index < -0.39 is 0 Å². The van der Waals surface area contributed by atoms with Crippen molar-refractivity contribution >= 4 is 34.4 Å². The minimum absolute atomic E-state index is 0.384. The van der Waals surface area contributed by atoms with Crippen LogP contribution in [-0.4, -0.2) is 15.3 Å². The second-order valence-electron chi connectivity index (χ2n) is 5.17. The van der Waals surface area contributed by atoms with Gasteiger partial charge in [-0.1, -0.05) is 17.3 Å². The molecule has 0 atom stereocenters. The number of anilines is 1. The number of rotatable bonds is 4. The fraction of sp³-hybridized carbons (Fsp3) is 0.188. The molecule has 0 unspecified atom stereocenters. The number of thiocarbonyl (C=S) groups is 1. The van der Waals surface area contributed by atoms with Gasteiger partial charge in [0, 0.05) is 5.69 Å². The number of nitrogens with zero attached hydrogens (tertiary/aromatic N) is 2. The molecule has 0 fully saturated rings. The Labute approximate surface area is 143 Å². The zero-order valence-electron chi connectivity index (χ0n) is 12.8. The fourth-order valence-electron chi connectivity index (χ4n) is 2.21. The molecule has 2 heterocycles. The van der Waals surface area contributed by atoms with Crippen LogP contribution in [0.25, 0.3) is 10.7 Å². The molecule has 5 nitrogen and oxygen atoms in total. The molecule has 2 aromatic heterocycles. The van der Waals surface area contributed by atoms with E-state index in [1.165, 1.54) is 11.1 Å². The highest BCUT2D eigenvalue weighted by Crippen LogP contribution is 2.21. The van der Waals surface area contributed by atoms with Crippen molar-refractivity contribution in [3.8, 4) is 10.7 Å². The SMILES string of the molecule is Cc1cc(C)cc(NC(=S)NCc2nc(-c3cccs3)no2)c1. The van der Waals surface area contributed by atoms with Crippen molar-refractivity contribution in [2.75, 3.05) is 5.32 Å². The van der Waals surface area contributed by atoms with Crippen LogP contribution < -0.4 is 10.6 Å². The molecule has 2 N–H and O–H groups in total. The summed E-state index contributed by atoms with van der Waals surface area (Å²) in [6.45, 7) is 4.49. The standard InChI is InChI=1S/C16H16N4OS2/c1-10-6-11(2)8-12(7-10)18-16(22)17-9-14-19-15(20-21-14)13-4-3-5-23-13/h3-8H,9H2,1-2H3,(H2,17,18,22). The van der Waals surface area contributed by atoms with Crippen molar-refractivity contribution < 1.29 is 4.52 Å². The van der Waals surface area contributed by atoms with Gasteiger partial charge < -0.3 is 15.2 Å². The maximum absolute atomic E-state index is 5.30. The summed E-state index contributed by atoms with van der Waals surface area (Å²) >= 11 is 6.87. The van der Waals surface area contributed by atoms with Crippen molar-refractivity contribution in [1.29, 1.82) is 0 Å². The molecule has 0 spiro atoms. The number of benzene rings is 1. The third kappa shape index (κ3) is 4.14. The molecule has 0 bridgehead atoms. The highest BCUT2D eigenvalue weighted by molar-refractivity contribution is 7.80. The van der Waals surface area contributed by atoms with Gasteiger partial charge in [0.05, 0.1) is 11.4 Å². The van der Waals surface area contributed by atoms with Gasteiger partial charge in [-0.15, -0.1) is 11.3 Å². The van der Waals surface area contributed by atoms with E-state index in [2.05, 4.69) is 40.7 Å². The zero-order chi connectivity index (χ0) is 16.2. The Balaban J connectivity index is 1.57. The Morgan fingerprint density at radius 2 is 2.04 bits per heavy atom. The molecule has 3 rings (SSSR count). The van der Waals surface area contributed by atoms with E-state index in [0.717, 1.165) is 10.6 Å². The Morgan fingerprint density at radius 3 is 2.74 bits per heavy atom. The molecule has 0 amide bonds. The van der Waals surface area contributed by atoms with Crippen molar-refractivity contribution in [1.82, 2.24) is 15.5 Å². The number of hydrogen-bond donors (Lipinski definition) is 2. The van der Waals surface area contributed by atoms with Crippen LogP contribution in [0.3, 0.4) is 0 Å². The van der Waals surface area contributed by atoms with Crippen LogP contribution in [0.5, 0.6) is 0 Å².